The van der Waals surface area contributed by atoms with Gasteiger partial charge in [0, 0.05) is 19.7 Å². The maximum atomic E-state index is 12.1. The number of carbonyl (C=O) groups is 1. The molecule has 0 radical (unpaired) electrons. The van der Waals surface area contributed by atoms with Gasteiger partial charge in [0.1, 0.15) is 11.5 Å². The molecule has 3 N–H and O–H groups in total. The van der Waals surface area contributed by atoms with Crippen molar-refractivity contribution in [1.82, 2.24) is 20.2 Å². The number of nitrogens with two attached hydrogens (primary N) is 1. The van der Waals surface area contributed by atoms with E-state index in [0.29, 0.717) is 41.2 Å². The summed E-state index contributed by atoms with van der Waals surface area (Å²) in [5, 5.41) is 11.0. The van der Waals surface area contributed by atoms with Crippen LogP contribution in [0.15, 0.2) is 23.4 Å². The van der Waals surface area contributed by atoms with Crippen molar-refractivity contribution in [2.24, 2.45) is 0 Å². The van der Waals surface area contributed by atoms with Crippen molar-refractivity contribution in [3.63, 3.8) is 0 Å². The molecule has 0 bridgehead atoms. The molecule has 1 heterocycles. The fourth-order valence-electron chi connectivity index (χ4n) is 2.16. The molecule has 0 saturated carbocycles. The van der Waals surface area contributed by atoms with Crippen molar-refractivity contribution < 1.29 is 19.0 Å². The van der Waals surface area contributed by atoms with E-state index in [1.54, 1.807) is 46.5 Å². The average Bonchev–Trinajstić information content (AvgIpc) is 3.01. The standard InChI is InChI=1S/C16H23N5O4S/c1-10(15(22)18-7-8-23-2)26-16-20-19-14(21(16)17)12-6-5-11(24-3)9-13(12)25-4/h5-6,9-10H,7-8,17H2,1-4H3,(H,18,22)/t10-/m0/s1. The summed E-state index contributed by atoms with van der Waals surface area (Å²) in [4.78, 5) is 12.1. The summed E-state index contributed by atoms with van der Waals surface area (Å²) in [6.07, 6.45) is 0. The van der Waals surface area contributed by atoms with E-state index in [2.05, 4.69) is 15.5 Å². The van der Waals surface area contributed by atoms with Crippen LogP contribution in [0.3, 0.4) is 0 Å². The van der Waals surface area contributed by atoms with E-state index in [1.807, 2.05) is 0 Å². The lowest BCUT2D eigenvalue weighted by Gasteiger charge is -2.12. The number of thioether (sulfide) groups is 1. The number of nitrogens with zero attached hydrogens (tertiary/aromatic N) is 3. The first kappa shape index (κ1) is 19.9. The normalized spacial score (nSPS) is 11.8. The molecular formula is C16H23N5O4S. The van der Waals surface area contributed by atoms with Crippen LogP contribution in [0.2, 0.25) is 0 Å². The third-order valence-electron chi connectivity index (χ3n) is 3.57. The third-order valence-corrected chi connectivity index (χ3v) is 4.63. The summed E-state index contributed by atoms with van der Waals surface area (Å²) in [6, 6.07) is 5.31. The van der Waals surface area contributed by atoms with Gasteiger partial charge in [-0.05, 0) is 19.1 Å². The zero-order chi connectivity index (χ0) is 19.1. The molecule has 10 heteroatoms. The van der Waals surface area contributed by atoms with E-state index in [-0.39, 0.29) is 11.2 Å². The monoisotopic (exact) mass is 381 g/mol. The molecule has 0 fully saturated rings. The molecule has 1 aromatic heterocycles. The summed E-state index contributed by atoms with van der Waals surface area (Å²) < 4.78 is 16.8. The molecule has 142 valence electrons. The van der Waals surface area contributed by atoms with Gasteiger partial charge in [0.05, 0.1) is 31.6 Å². The van der Waals surface area contributed by atoms with Crippen LogP contribution < -0.4 is 20.6 Å². The number of nitrogens with one attached hydrogen (secondary N) is 1. The second-order valence-corrected chi connectivity index (χ2v) is 6.59. The van der Waals surface area contributed by atoms with Gasteiger partial charge >= 0.3 is 0 Å². The topological polar surface area (TPSA) is 114 Å². The van der Waals surface area contributed by atoms with Gasteiger partial charge in [-0.1, -0.05) is 11.8 Å². The Morgan fingerprint density at radius 2 is 2.08 bits per heavy atom. The van der Waals surface area contributed by atoms with Gasteiger partial charge in [-0.15, -0.1) is 10.2 Å². The molecule has 0 unspecified atom stereocenters. The highest BCUT2D eigenvalue weighted by Gasteiger charge is 2.21. The van der Waals surface area contributed by atoms with Crippen molar-refractivity contribution in [2.75, 3.05) is 40.3 Å². The molecule has 2 rings (SSSR count). The maximum Gasteiger partial charge on any atom is 0.233 e. The smallest absolute Gasteiger partial charge is 0.233 e. The summed E-state index contributed by atoms with van der Waals surface area (Å²) in [5.41, 5.74) is 0.673. The summed E-state index contributed by atoms with van der Waals surface area (Å²) in [5.74, 6) is 7.65. The van der Waals surface area contributed by atoms with E-state index in [4.69, 9.17) is 20.1 Å². The molecule has 0 spiro atoms. The van der Waals surface area contributed by atoms with Crippen molar-refractivity contribution in [3.8, 4) is 22.9 Å². The predicted molar refractivity (Wildman–Crippen MR) is 98.9 cm³/mol. The van der Waals surface area contributed by atoms with E-state index in [1.165, 1.54) is 16.4 Å². The third kappa shape index (κ3) is 4.58. The Morgan fingerprint density at radius 1 is 1.31 bits per heavy atom. The number of nitrogen functional groups attached to an aromatic ring is 1. The van der Waals surface area contributed by atoms with Crippen LogP contribution in [-0.4, -0.2) is 60.5 Å². The Morgan fingerprint density at radius 3 is 2.73 bits per heavy atom. The van der Waals surface area contributed by atoms with Crippen LogP contribution >= 0.6 is 11.8 Å². The van der Waals surface area contributed by atoms with E-state index in [9.17, 15) is 4.79 Å². The van der Waals surface area contributed by atoms with E-state index < -0.39 is 0 Å². The average molecular weight is 381 g/mol. The highest BCUT2D eigenvalue weighted by atomic mass is 32.2. The van der Waals surface area contributed by atoms with Crippen molar-refractivity contribution >= 4 is 17.7 Å². The molecule has 0 aliphatic carbocycles. The summed E-state index contributed by atoms with van der Waals surface area (Å²) in [7, 11) is 4.71. The highest BCUT2D eigenvalue weighted by Crippen LogP contribution is 2.33. The highest BCUT2D eigenvalue weighted by molar-refractivity contribution is 8.00. The quantitative estimate of drug-likeness (QED) is 0.374. The first-order valence-electron chi connectivity index (χ1n) is 7.88. The largest absolute Gasteiger partial charge is 0.497 e. The van der Waals surface area contributed by atoms with Crippen LogP contribution in [-0.2, 0) is 9.53 Å². The number of ether oxygens (including phenoxy) is 3. The minimum atomic E-state index is -0.385. The number of hydrogen-bond donors (Lipinski definition) is 2. The first-order chi connectivity index (χ1) is 12.5. The minimum Gasteiger partial charge on any atom is -0.497 e. The number of rotatable bonds is 9. The minimum absolute atomic E-state index is 0.126. The molecule has 2 aromatic rings. The van der Waals surface area contributed by atoms with Crippen molar-refractivity contribution in [1.29, 1.82) is 0 Å². The van der Waals surface area contributed by atoms with E-state index in [0.717, 1.165) is 0 Å². The lowest BCUT2D eigenvalue weighted by atomic mass is 10.2. The summed E-state index contributed by atoms with van der Waals surface area (Å²) in [6.45, 7) is 2.68. The lowest BCUT2D eigenvalue weighted by Crippen LogP contribution is -2.33. The van der Waals surface area contributed by atoms with Gasteiger partial charge in [-0.25, -0.2) is 4.68 Å². The predicted octanol–water partition coefficient (Wildman–Crippen LogP) is 0.919. The molecule has 1 amide bonds. The van der Waals surface area contributed by atoms with Crippen LogP contribution in [0.4, 0.5) is 0 Å². The Balaban J connectivity index is 2.16. The van der Waals surface area contributed by atoms with E-state index >= 15 is 0 Å². The number of benzene rings is 1. The Hall–Kier alpha value is -2.46. The Kier molecular flexibility index (Phi) is 7.10. The lowest BCUT2D eigenvalue weighted by molar-refractivity contribution is -0.120. The first-order valence-corrected chi connectivity index (χ1v) is 8.76. The maximum absolute atomic E-state index is 12.1. The number of aromatic nitrogens is 3. The molecule has 0 aliphatic rings. The number of carbonyl (C=O) groups excluding carboxylic acids is 1. The summed E-state index contributed by atoms with van der Waals surface area (Å²) >= 11 is 1.22. The zero-order valence-electron chi connectivity index (χ0n) is 15.2. The van der Waals surface area contributed by atoms with Crippen LogP contribution in [0.1, 0.15) is 6.92 Å². The SMILES string of the molecule is COCCNC(=O)[C@H](C)Sc1nnc(-c2ccc(OC)cc2OC)n1N. The molecule has 26 heavy (non-hydrogen) atoms. The fraction of sp³-hybridized carbons (Fsp3) is 0.438. The molecule has 0 aliphatic heterocycles. The zero-order valence-corrected chi connectivity index (χ0v) is 16.0. The molecule has 9 nitrogen and oxygen atoms in total. The van der Waals surface area contributed by atoms with Crippen LogP contribution in [0, 0.1) is 0 Å². The molecule has 0 saturated heterocycles. The van der Waals surface area contributed by atoms with Crippen LogP contribution in [0.5, 0.6) is 11.5 Å². The van der Waals surface area contributed by atoms with Gasteiger partial charge in [-0.2, -0.15) is 0 Å². The molecule has 1 atom stereocenters. The number of methoxy groups -OCH3 is 3. The van der Waals surface area contributed by atoms with Crippen molar-refractivity contribution in [3.05, 3.63) is 18.2 Å². The number of hydrogen-bond acceptors (Lipinski definition) is 8. The van der Waals surface area contributed by atoms with Gasteiger partial charge in [-0.3, -0.25) is 4.79 Å². The van der Waals surface area contributed by atoms with Crippen LogP contribution in [0.25, 0.3) is 11.4 Å². The van der Waals surface area contributed by atoms with Gasteiger partial charge in [0.25, 0.3) is 0 Å². The number of amides is 1. The Labute approximate surface area is 156 Å². The van der Waals surface area contributed by atoms with Gasteiger partial charge in [0.15, 0.2) is 5.82 Å². The molecule has 1 aromatic carbocycles. The fourth-order valence-corrected chi connectivity index (χ4v) is 2.95. The second kappa shape index (κ2) is 9.30. The Bertz CT molecular complexity index is 752. The van der Waals surface area contributed by atoms with Gasteiger partial charge in [0.2, 0.25) is 11.1 Å². The van der Waals surface area contributed by atoms with Gasteiger partial charge < -0.3 is 25.4 Å². The van der Waals surface area contributed by atoms with Crippen molar-refractivity contribution in [2.45, 2.75) is 17.3 Å². The molecular weight excluding hydrogens is 358 g/mol. The second-order valence-electron chi connectivity index (χ2n) is 5.29.